The number of aliphatic hydroxyl groups excluding tert-OH is 1. The second kappa shape index (κ2) is 10.2. The van der Waals surface area contributed by atoms with Crippen LogP contribution in [0.5, 0.6) is 0 Å². The fraction of sp³-hybridized carbons (Fsp3) is 0.727. The fourth-order valence-electron chi connectivity index (χ4n) is 0.834. The van der Waals surface area contributed by atoms with E-state index in [1.54, 1.807) is 6.92 Å². The SMILES string of the molecule is C=C(C)C(=O)OC(COCCOCCO)OC. The van der Waals surface area contributed by atoms with Crippen LogP contribution in [0.25, 0.3) is 0 Å². The first-order valence-corrected chi connectivity index (χ1v) is 5.27. The van der Waals surface area contributed by atoms with Crippen molar-refractivity contribution in [2.45, 2.75) is 13.2 Å². The van der Waals surface area contributed by atoms with Gasteiger partial charge in [0.1, 0.15) is 6.61 Å². The Kier molecular flexibility index (Phi) is 9.65. The van der Waals surface area contributed by atoms with Crippen molar-refractivity contribution in [1.82, 2.24) is 0 Å². The highest BCUT2D eigenvalue weighted by atomic mass is 16.7. The van der Waals surface area contributed by atoms with Crippen LogP contribution >= 0.6 is 0 Å². The van der Waals surface area contributed by atoms with Gasteiger partial charge in [-0.25, -0.2) is 4.79 Å². The first-order valence-electron chi connectivity index (χ1n) is 5.27. The number of aliphatic hydroxyl groups is 1. The Morgan fingerprint density at radius 3 is 2.47 bits per heavy atom. The highest BCUT2D eigenvalue weighted by Gasteiger charge is 2.13. The molecular weight excluding hydrogens is 228 g/mol. The normalized spacial score (nSPS) is 12.2. The molecule has 1 N–H and O–H groups in total. The number of esters is 1. The molecule has 0 saturated heterocycles. The Morgan fingerprint density at radius 2 is 1.94 bits per heavy atom. The lowest BCUT2D eigenvalue weighted by Crippen LogP contribution is -2.26. The van der Waals surface area contributed by atoms with E-state index in [9.17, 15) is 4.79 Å². The van der Waals surface area contributed by atoms with Crippen LogP contribution in [-0.4, -0.2) is 57.5 Å². The summed E-state index contributed by atoms with van der Waals surface area (Å²) in [5.41, 5.74) is 0.304. The lowest BCUT2D eigenvalue weighted by atomic mass is 10.4. The number of methoxy groups -OCH3 is 1. The van der Waals surface area contributed by atoms with Gasteiger partial charge in [0.05, 0.1) is 26.4 Å². The third-order valence-electron chi connectivity index (χ3n) is 1.71. The highest BCUT2D eigenvalue weighted by molar-refractivity contribution is 5.87. The van der Waals surface area contributed by atoms with Crippen LogP contribution in [0.15, 0.2) is 12.2 Å². The first kappa shape index (κ1) is 16.1. The maximum absolute atomic E-state index is 11.2. The van der Waals surface area contributed by atoms with Gasteiger partial charge in [-0.15, -0.1) is 0 Å². The summed E-state index contributed by atoms with van der Waals surface area (Å²) in [6.45, 7) is 6.10. The smallest absolute Gasteiger partial charge is 0.335 e. The van der Waals surface area contributed by atoms with Crippen molar-refractivity contribution >= 4 is 5.97 Å². The zero-order chi connectivity index (χ0) is 13.1. The van der Waals surface area contributed by atoms with Gasteiger partial charge in [-0.2, -0.15) is 0 Å². The maximum atomic E-state index is 11.2. The Balaban J connectivity index is 3.61. The number of hydrogen-bond donors (Lipinski definition) is 1. The molecule has 17 heavy (non-hydrogen) atoms. The van der Waals surface area contributed by atoms with Gasteiger partial charge in [0, 0.05) is 12.7 Å². The molecular formula is C11H20O6. The largest absolute Gasteiger partial charge is 0.430 e. The number of carbonyl (C=O) groups is 1. The van der Waals surface area contributed by atoms with Crippen molar-refractivity contribution in [3.8, 4) is 0 Å². The summed E-state index contributed by atoms with van der Waals surface area (Å²) < 4.78 is 20.0. The Labute approximate surface area is 101 Å². The van der Waals surface area contributed by atoms with E-state index in [4.69, 9.17) is 24.1 Å². The zero-order valence-corrected chi connectivity index (χ0v) is 10.3. The van der Waals surface area contributed by atoms with Crippen molar-refractivity contribution in [3.05, 3.63) is 12.2 Å². The molecule has 1 unspecified atom stereocenters. The van der Waals surface area contributed by atoms with Crippen LogP contribution < -0.4 is 0 Å². The van der Waals surface area contributed by atoms with Gasteiger partial charge in [-0.1, -0.05) is 6.58 Å². The lowest BCUT2D eigenvalue weighted by molar-refractivity contribution is -0.180. The molecule has 0 aromatic rings. The minimum Gasteiger partial charge on any atom is -0.430 e. The summed E-state index contributed by atoms with van der Waals surface area (Å²) in [6, 6.07) is 0. The number of ether oxygens (including phenoxy) is 4. The van der Waals surface area contributed by atoms with Gasteiger partial charge >= 0.3 is 5.97 Å². The van der Waals surface area contributed by atoms with E-state index in [-0.39, 0.29) is 19.8 Å². The van der Waals surface area contributed by atoms with Gasteiger partial charge < -0.3 is 24.1 Å². The van der Waals surface area contributed by atoms with Gasteiger partial charge in [0.2, 0.25) is 6.29 Å². The molecule has 1 atom stereocenters. The van der Waals surface area contributed by atoms with E-state index in [1.165, 1.54) is 7.11 Å². The van der Waals surface area contributed by atoms with Gasteiger partial charge in [0.15, 0.2) is 0 Å². The molecule has 0 aliphatic heterocycles. The molecule has 0 spiro atoms. The van der Waals surface area contributed by atoms with Crippen molar-refractivity contribution in [2.75, 3.05) is 40.1 Å². The molecule has 0 aliphatic rings. The van der Waals surface area contributed by atoms with E-state index in [1.807, 2.05) is 0 Å². The lowest BCUT2D eigenvalue weighted by Gasteiger charge is -2.16. The molecule has 0 saturated carbocycles. The van der Waals surface area contributed by atoms with Crippen LogP contribution in [0.4, 0.5) is 0 Å². The Hall–Kier alpha value is -0.950. The molecule has 0 heterocycles. The van der Waals surface area contributed by atoms with Crippen molar-refractivity contribution in [3.63, 3.8) is 0 Å². The summed E-state index contributed by atoms with van der Waals surface area (Å²) >= 11 is 0. The maximum Gasteiger partial charge on any atom is 0.335 e. The standard InChI is InChI=1S/C11H20O6/c1-9(2)11(13)17-10(14-3)8-16-7-6-15-5-4-12/h10,12H,1,4-8H2,2-3H3. The molecule has 0 fully saturated rings. The highest BCUT2D eigenvalue weighted by Crippen LogP contribution is 2.00. The van der Waals surface area contributed by atoms with Crippen LogP contribution in [-0.2, 0) is 23.7 Å². The molecule has 6 heteroatoms. The molecule has 6 nitrogen and oxygen atoms in total. The van der Waals surface area contributed by atoms with E-state index in [0.29, 0.717) is 18.8 Å². The topological polar surface area (TPSA) is 74.2 Å². The van der Waals surface area contributed by atoms with Crippen LogP contribution in [0.1, 0.15) is 6.92 Å². The molecule has 0 radical (unpaired) electrons. The monoisotopic (exact) mass is 248 g/mol. The van der Waals surface area contributed by atoms with Gasteiger partial charge in [-0.3, -0.25) is 0 Å². The van der Waals surface area contributed by atoms with E-state index >= 15 is 0 Å². The summed E-state index contributed by atoms with van der Waals surface area (Å²) in [7, 11) is 1.42. The van der Waals surface area contributed by atoms with Crippen LogP contribution in [0, 0.1) is 0 Å². The summed E-state index contributed by atoms with van der Waals surface area (Å²) in [5, 5.41) is 8.45. The van der Waals surface area contributed by atoms with Crippen molar-refractivity contribution in [1.29, 1.82) is 0 Å². The summed E-state index contributed by atoms with van der Waals surface area (Å²) in [6.07, 6.45) is -0.753. The van der Waals surface area contributed by atoms with E-state index in [2.05, 4.69) is 6.58 Å². The first-order chi connectivity index (χ1) is 8.11. The van der Waals surface area contributed by atoms with Crippen molar-refractivity contribution < 1.29 is 28.8 Å². The Bertz CT molecular complexity index is 228. The third kappa shape index (κ3) is 8.82. The van der Waals surface area contributed by atoms with Gasteiger partial charge in [-0.05, 0) is 6.92 Å². The Morgan fingerprint density at radius 1 is 1.29 bits per heavy atom. The molecule has 100 valence electrons. The molecule has 0 aliphatic carbocycles. The third-order valence-corrected chi connectivity index (χ3v) is 1.71. The average molecular weight is 248 g/mol. The molecule has 0 aromatic heterocycles. The number of rotatable bonds is 10. The minimum atomic E-state index is -0.753. The second-order valence-corrected chi connectivity index (χ2v) is 3.26. The summed E-state index contributed by atoms with van der Waals surface area (Å²) in [4.78, 5) is 11.2. The quantitative estimate of drug-likeness (QED) is 0.256. The minimum absolute atomic E-state index is 0.0169. The fourth-order valence-corrected chi connectivity index (χ4v) is 0.834. The number of carbonyl (C=O) groups excluding carboxylic acids is 1. The van der Waals surface area contributed by atoms with E-state index in [0.717, 1.165) is 0 Å². The number of hydrogen-bond acceptors (Lipinski definition) is 6. The predicted molar refractivity (Wildman–Crippen MR) is 60.4 cm³/mol. The van der Waals surface area contributed by atoms with Gasteiger partial charge in [0.25, 0.3) is 0 Å². The van der Waals surface area contributed by atoms with Crippen LogP contribution in [0.2, 0.25) is 0 Å². The summed E-state index contributed by atoms with van der Waals surface area (Å²) in [5.74, 6) is -0.517. The average Bonchev–Trinajstić information content (AvgIpc) is 2.31. The molecule has 0 amide bonds. The molecule has 0 rings (SSSR count). The zero-order valence-electron chi connectivity index (χ0n) is 10.3. The van der Waals surface area contributed by atoms with E-state index < -0.39 is 12.3 Å². The van der Waals surface area contributed by atoms with Crippen molar-refractivity contribution in [2.24, 2.45) is 0 Å². The predicted octanol–water partition coefficient (Wildman–Crippen LogP) is 0.104. The molecule has 0 bridgehead atoms. The molecule has 0 aromatic carbocycles. The van der Waals surface area contributed by atoms with Crippen LogP contribution in [0.3, 0.4) is 0 Å². The second-order valence-electron chi connectivity index (χ2n) is 3.26.